The number of methoxy groups -OCH3 is 1. The van der Waals surface area contributed by atoms with E-state index < -0.39 is 5.97 Å². The lowest BCUT2D eigenvalue weighted by Crippen LogP contribution is -2.07. The number of aromatic amines is 1. The van der Waals surface area contributed by atoms with E-state index in [4.69, 9.17) is 20.6 Å². The highest BCUT2D eigenvalue weighted by Crippen LogP contribution is 2.32. The average molecular weight is 301 g/mol. The maximum absolute atomic E-state index is 11.9. The van der Waals surface area contributed by atoms with Gasteiger partial charge in [-0.15, -0.1) is 11.5 Å². The molecule has 1 N–H and O–H groups in total. The fourth-order valence-corrected chi connectivity index (χ4v) is 1.83. The molecule has 0 atom stereocenters. The summed E-state index contributed by atoms with van der Waals surface area (Å²) in [6.45, 7) is 2.07. The van der Waals surface area contributed by atoms with Crippen LogP contribution in [0.15, 0.2) is 18.2 Å². The van der Waals surface area contributed by atoms with E-state index in [1.165, 1.54) is 7.11 Å². The monoisotopic (exact) mass is 301 g/mol. The molecule has 0 saturated carbocycles. The summed E-state index contributed by atoms with van der Waals surface area (Å²) in [4.78, 5) is 11.9. The minimum atomic E-state index is -0.548. The Balaban J connectivity index is 2.39. The first-order chi connectivity index (χ1) is 10.7. The summed E-state index contributed by atoms with van der Waals surface area (Å²) in [5, 5.41) is 10.2. The third-order valence-corrected chi connectivity index (χ3v) is 2.76. The zero-order valence-electron chi connectivity index (χ0n) is 12.3. The maximum Gasteiger partial charge on any atom is 0.361 e. The van der Waals surface area contributed by atoms with E-state index in [0.717, 1.165) is 0 Å². The highest BCUT2D eigenvalue weighted by atomic mass is 16.5. The number of aromatic nitrogens is 3. The predicted octanol–water partition coefficient (Wildman–Crippen LogP) is 1.67. The molecule has 114 valence electrons. The number of ether oxygens (including phenoxy) is 3. The Morgan fingerprint density at radius 2 is 2.18 bits per heavy atom. The topological polar surface area (TPSA) is 86.3 Å². The molecular weight excluding hydrogens is 286 g/mol. The Morgan fingerprint density at radius 1 is 1.36 bits per heavy atom. The van der Waals surface area contributed by atoms with Gasteiger partial charge in [0, 0.05) is 5.56 Å². The van der Waals surface area contributed by atoms with E-state index in [1.54, 1.807) is 25.1 Å². The van der Waals surface area contributed by atoms with E-state index in [2.05, 4.69) is 21.3 Å². The zero-order chi connectivity index (χ0) is 15.9. The first-order valence-electron chi connectivity index (χ1n) is 6.53. The minimum Gasteiger partial charge on any atom is -0.493 e. The molecule has 7 heteroatoms. The number of H-pyrrole nitrogens is 1. The second kappa shape index (κ2) is 7.13. The molecule has 2 rings (SSSR count). The molecule has 0 aliphatic rings. The van der Waals surface area contributed by atoms with Crippen LogP contribution in [0.1, 0.15) is 17.4 Å². The molecule has 2 aromatic rings. The van der Waals surface area contributed by atoms with Crippen LogP contribution in [-0.4, -0.2) is 41.7 Å². The zero-order valence-corrected chi connectivity index (χ0v) is 12.3. The van der Waals surface area contributed by atoms with Crippen molar-refractivity contribution in [3.8, 4) is 35.1 Å². The number of carbonyl (C=O) groups excluding carboxylic acids is 1. The summed E-state index contributed by atoms with van der Waals surface area (Å²) in [7, 11) is 1.53. The van der Waals surface area contributed by atoms with Gasteiger partial charge in [0.05, 0.1) is 13.7 Å². The van der Waals surface area contributed by atoms with Crippen molar-refractivity contribution < 1.29 is 19.0 Å². The Hall–Kier alpha value is -3.01. The van der Waals surface area contributed by atoms with Crippen molar-refractivity contribution in [3.63, 3.8) is 0 Å². The Morgan fingerprint density at radius 3 is 2.86 bits per heavy atom. The van der Waals surface area contributed by atoms with Gasteiger partial charge in [-0.25, -0.2) is 4.79 Å². The number of esters is 1. The number of nitrogens with one attached hydrogen (secondary N) is 1. The highest BCUT2D eigenvalue weighted by Gasteiger charge is 2.20. The van der Waals surface area contributed by atoms with Gasteiger partial charge in [-0.2, -0.15) is 10.3 Å². The maximum atomic E-state index is 11.9. The lowest BCUT2D eigenvalue weighted by Gasteiger charge is -2.10. The van der Waals surface area contributed by atoms with E-state index in [0.29, 0.717) is 22.8 Å². The van der Waals surface area contributed by atoms with Crippen LogP contribution in [0.5, 0.6) is 11.5 Å². The van der Waals surface area contributed by atoms with Gasteiger partial charge in [0.1, 0.15) is 12.3 Å². The average Bonchev–Trinajstić information content (AvgIpc) is 3.02. The summed E-state index contributed by atoms with van der Waals surface area (Å²) in [6, 6.07) is 5.11. The van der Waals surface area contributed by atoms with Crippen LogP contribution in [0.4, 0.5) is 0 Å². The summed E-state index contributed by atoms with van der Waals surface area (Å²) in [5.74, 6) is 2.82. The molecule has 0 radical (unpaired) electrons. The minimum absolute atomic E-state index is 0.101. The number of hydrogen-bond donors (Lipinski definition) is 1. The van der Waals surface area contributed by atoms with Crippen LogP contribution >= 0.6 is 0 Å². The van der Waals surface area contributed by atoms with Gasteiger partial charge in [0.15, 0.2) is 17.2 Å². The van der Waals surface area contributed by atoms with Crippen LogP contribution < -0.4 is 9.47 Å². The molecule has 0 fully saturated rings. The van der Waals surface area contributed by atoms with E-state index >= 15 is 0 Å². The van der Waals surface area contributed by atoms with Crippen molar-refractivity contribution >= 4 is 5.97 Å². The van der Waals surface area contributed by atoms with Crippen LogP contribution in [0.2, 0.25) is 0 Å². The molecule has 0 bridgehead atoms. The second-order valence-corrected chi connectivity index (χ2v) is 4.10. The molecule has 1 heterocycles. The summed E-state index contributed by atoms with van der Waals surface area (Å²) in [5.41, 5.74) is 1.10. The largest absolute Gasteiger partial charge is 0.493 e. The lowest BCUT2D eigenvalue weighted by atomic mass is 10.1. The third-order valence-electron chi connectivity index (χ3n) is 2.76. The van der Waals surface area contributed by atoms with E-state index in [1.807, 2.05) is 0 Å². The quantitative estimate of drug-likeness (QED) is 0.645. The molecule has 1 aromatic carbocycles. The van der Waals surface area contributed by atoms with Crippen LogP contribution in [0.25, 0.3) is 11.3 Å². The first-order valence-corrected chi connectivity index (χ1v) is 6.53. The van der Waals surface area contributed by atoms with E-state index in [-0.39, 0.29) is 18.9 Å². The van der Waals surface area contributed by atoms with Crippen molar-refractivity contribution in [3.05, 3.63) is 23.9 Å². The summed E-state index contributed by atoms with van der Waals surface area (Å²) >= 11 is 0. The van der Waals surface area contributed by atoms with Gasteiger partial charge in [-0.3, -0.25) is 0 Å². The molecule has 1 aromatic heterocycles. The SMILES string of the molecule is C#CCOc1cc(-c2n[nH]nc2C(=O)OCC)ccc1OC. The second-order valence-electron chi connectivity index (χ2n) is 4.10. The molecular formula is C15H15N3O4. The Labute approximate surface area is 127 Å². The highest BCUT2D eigenvalue weighted by molar-refractivity contribution is 5.94. The van der Waals surface area contributed by atoms with Crippen molar-refractivity contribution in [2.24, 2.45) is 0 Å². The molecule has 0 unspecified atom stereocenters. The molecule has 0 amide bonds. The van der Waals surface area contributed by atoms with Crippen LogP contribution in [-0.2, 0) is 4.74 Å². The molecule has 0 saturated heterocycles. The number of nitrogens with zero attached hydrogens (tertiary/aromatic N) is 2. The Kier molecular flexibility index (Phi) is 4.98. The summed E-state index contributed by atoms with van der Waals surface area (Å²) in [6.07, 6.45) is 5.19. The predicted molar refractivity (Wildman–Crippen MR) is 78.7 cm³/mol. The van der Waals surface area contributed by atoms with Crippen molar-refractivity contribution in [2.75, 3.05) is 20.3 Å². The number of hydrogen-bond acceptors (Lipinski definition) is 6. The first kappa shape index (κ1) is 15.4. The molecule has 0 aliphatic carbocycles. The van der Waals surface area contributed by atoms with Gasteiger partial charge in [0.25, 0.3) is 0 Å². The third kappa shape index (κ3) is 3.17. The van der Waals surface area contributed by atoms with Crippen molar-refractivity contribution in [1.29, 1.82) is 0 Å². The number of terminal acetylenes is 1. The van der Waals surface area contributed by atoms with Crippen molar-refractivity contribution in [1.82, 2.24) is 15.4 Å². The normalized spacial score (nSPS) is 9.86. The van der Waals surface area contributed by atoms with Crippen LogP contribution in [0, 0.1) is 12.3 Å². The van der Waals surface area contributed by atoms with Crippen LogP contribution in [0.3, 0.4) is 0 Å². The Bertz CT molecular complexity index is 703. The molecule has 0 aliphatic heterocycles. The van der Waals surface area contributed by atoms with Gasteiger partial charge in [-0.1, -0.05) is 5.92 Å². The fraction of sp³-hybridized carbons (Fsp3) is 0.267. The number of rotatable bonds is 6. The van der Waals surface area contributed by atoms with Gasteiger partial charge in [0.2, 0.25) is 0 Å². The van der Waals surface area contributed by atoms with Gasteiger partial charge in [-0.05, 0) is 25.1 Å². The van der Waals surface area contributed by atoms with Gasteiger partial charge < -0.3 is 14.2 Å². The number of benzene rings is 1. The van der Waals surface area contributed by atoms with Gasteiger partial charge >= 0.3 is 5.97 Å². The molecule has 22 heavy (non-hydrogen) atoms. The molecule has 7 nitrogen and oxygen atoms in total. The summed E-state index contributed by atoms with van der Waals surface area (Å²) < 4.78 is 15.6. The lowest BCUT2D eigenvalue weighted by molar-refractivity contribution is 0.0520. The fourth-order valence-electron chi connectivity index (χ4n) is 1.83. The smallest absolute Gasteiger partial charge is 0.361 e. The standard InChI is InChI=1S/C15H15N3O4/c1-4-8-22-12-9-10(6-7-11(12)20-3)13-14(17-18-16-13)15(19)21-5-2/h1,6-7,9H,5,8H2,2-3H3,(H,16,17,18). The van der Waals surface area contributed by atoms with E-state index in [9.17, 15) is 4.79 Å². The molecule has 0 spiro atoms. The number of carbonyl (C=O) groups is 1. The van der Waals surface area contributed by atoms with Crippen molar-refractivity contribution in [2.45, 2.75) is 6.92 Å².